The first-order valence-electron chi connectivity index (χ1n) is 6.71. The molecule has 102 valence electrons. The molecule has 0 saturated heterocycles. The van der Waals surface area contributed by atoms with Crippen molar-refractivity contribution >= 4 is 0 Å². The molecule has 0 atom stereocenters. The number of halogens is 1. The quantitative estimate of drug-likeness (QED) is 0.493. The maximum Gasteiger partial charge on any atom is 0.0739 e. The predicted octanol–water partition coefficient (Wildman–Crippen LogP) is -0.281. The highest BCUT2D eigenvalue weighted by atomic mass is 35.5. The summed E-state index contributed by atoms with van der Waals surface area (Å²) in [6.07, 6.45) is 15.7. The lowest BCUT2D eigenvalue weighted by molar-refractivity contribution is -0.368. The van der Waals surface area contributed by atoms with Gasteiger partial charge in [-0.25, -0.2) is 0 Å². The maximum absolute atomic E-state index is 3.86. The number of quaternary nitrogens is 1. The van der Waals surface area contributed by atoms with E-state index in [2.05, 4.69) is 12.7 Å². The molecule has 5 N–H and O–H groups in total. The van der Waals surface area contributed by atoms with E-state index >= 15 is 0 Å². The van der Waals surface area contributed by atoms with Crippen LogP contribution >= 0.6 is 0 Å². The Morgan fingerprint density at radius 2 is 0.938 bits per heavy atom. The van der Waals surface area contributed by atoms with Gasteiger partial charge < -0.3 is 23.6 Å². The predicted molar refractivity (Wildman–Crippen MR) is 67.8 cm³/mol. The summed E-state index contributed by atoms with van der Waals surface area (Å²) in [6, 6.07) is 0. The first-order valence-corrected chi connectivity index (χ1v) is 6.71. The summed E-state index contributed by atoms with van der Waals surface area (Å²) in [5.41, 5.74) is 3.86. The van der Waals surface area contributed by atoms with Crippen molar-refractivity contribution in [3.63, 3.8) is 0 Å². The second kappa shape index (κ2) is 20.6. The molecule has 16 heavy (non-hydrogen) atoms. The van der Waals surface area contributed by atoms with Gasteiger partial charge in [0.15, 0.2) is 0 Å². The van der Waals surface area contributed by atoms with Gasteiger partial charge in [0.05, 0.1) is 6.54 Å². The van der Waals surface area contributed by atoms with E-state index in [1.807, 2.05) is 0 Å². The first-order chi connectivity index (χ1) is 6.91. The van der Waals surface area contributed by atoms with E-state index in [0.717, 1.165) is 6.54 Å². The highest BCUT2D eigenvalue weighted by Crippen LogP contribution is 2.10. The smallest absolute Gasteiger partial charge is 0.0739 e. The molecule has 0 unspecified atom stereocenters. The Morgan fingerprint density at radius 3 is 1.25 bits per heavy atom. The summed E-state index contributed by atoms with van der Waals surface area (Å²) in [5, 5.41) is 0. The van der Waals surface area contributed by atoms with Crippen LogP contribution in [-0.4, -0.2) is 12.0 Å². The van der Waals surface area contributed by atoms with Gasteiger partial charge in [-0.1, -0.05) is 64.7 Å². The van der Waals surface area contributed by atoms with Gasteiger partial charge in [0.1, 0.15) is 0 Å². The zero-order valence-corrected chi connectivity index (χ0v) is 11.8. The Kier molecular flexibility index (Phi) is 27.7. The van der Waals surface area contributed by atoms with E-state index in [9.17, 15) is 0 Å². The third-order valence-corrected chi connectivity index (χ3v) is 2.85. The minimum atomic E-state index is 0. The minimum absolute atomic E-state index is 0. The van der Waals surface area contributed by atoms with Crippen LogP contribution in [0.3, 0.4) is 0 Å². The Bertz CT molecular complexity index is 89.9. The van der Waals surface area contributed by atoms with Crippen molar-refractivity contribution in [3.05, 3.63) is 0 Å². The molecule has 0 bridgehead atoms. The molecule has 0 radical (unpaired) electrons. The Balaban J connectivity index is -0.000000845. The SMILES string of the molecule is CCCCCCCCCCCCC[NH3+].O.[Cl-]. The standard InChI is InChI=1S/C13H29N.ClH.H2O/c1-2-3-4-5-6-7-8-9-10-11-12-13-14;;/h2-14H2,1H3;1H;1H2. The average molecular weight is 254 g/mol. The first kappa shape index (κ1) is 21.5. The molecule has 3 heteroatoms. The van der Waals surface area contributed by atoms with E-state index < -0.39 is 0 Å². The fourth-order valence-corrected chi connectivity index (χ4v) is 1.84. The van der Waals surface area contributed by atoms with Crippen LogP contribution in [0.25, 0.3) is 0 Å². The fourth-order valence-electron chi connectivity index (χ4n) is 1.84. The monoisotopic (exact) mass is 253 g/mol. The molecule has 0 aromatic heterocycles. The summed E-state index contributed by atoms with van der Waals surface area (Å²) in [6.45, 7) is 3.40. The molecule has 0 aliphatic heterocycles. The number of hydrogen-bond donors (Lipinski definition) is 1. The second-order valence-corrected chi connectivity index (χ2v) is 4.39. The van der Waals surface area contributed by atoms with Crippen LogP contribution < -0.4 is 18.1 Å². The van der Waals surface area contributed by atoms with Crippen molar-refractivity contribution in [2.45, 2.75) is 77.6 Å². The summed E-state index contributed by atoms with van der Waals surface area (Å²) in [7, 11) is 0. The Hall–Kier alpha value is 0.210. The van der Waals surface area contributed by atoms with Gasteiger partial charge >= 0.3 is 0 Å². The van der Waals surface area contributed by atoms with Gasteiger partial charge in [-0.3, -0.25) is 0 Å². The van der Waals surface area contributed by atoms with Crippen molar-refractivity contribution in [2.24, 2.45) is 0 Å². The Morgan fingerprint density at radius 1 is 0.625 bits per heavy atom. The van der Waals surface area contributed by atoms with Crippen molar-refractivity contribution in [3.8, 4) is 0 Å². The van der Waals surface area contributed by atoms with Gasteiger partial charge in [-0.05, 0) is 12.8 Å². The summed E-state index contributed by atoms with van der Waals surface area (Å²) in [4.78, 5) is 0. The summed E-state index contributed by atoms with van der Waals surface area (Å²) < 4.78 is 0. The summed E-state index contributed by atoms with van der Waals surface area (Å²) >= 11 is 0. The maximum atomic E-state index is 3.86. The van der Waals surface area contributed by atoms with Crippen molar-refractivity contribution in [1.29, 1.82) is 0 Å². The van der Waals surface area contributed by atoms with Gasteiger partial charge in [0.25, 0.3) is 0 Å². The molecule has 0 aromatic carbocycles. The fraction of sp³-hybridized carbons (Fsp3) is 1.00. The molecular formula is C13H32ClNO. The second-order valence-electron chi connectivity index (χ2n) is 4.39. The normalized spacial score (nSPS) is 9.38. The highest BCUT2D eigenvalue weighted by Gasteiger charge is 1.92. The lowest BCUT2D eigenvalue weighted by atomic mass is 10.1. The van der Waals surface area contributed by atoms with Crippen LogP contribution in [0.15, 0.2) is 0 Å². The van der Waals surface area contributed by atoms with Gasteiger partial charge in [0, 0.05) is 0 Å². The number of unbranched alkanes of at least 4 members (excludes halogenated alkanes) is 10. The molecule has 0 rings (SSSR count). The third-order valence-electron chi connectivity index (χ3n) is 2.85. The van der Waals surface area contributed by atoms with Crippen molar-refractivity contribution in [1.82, 2.24) is 0 Å². The minimum Gasteiger partial charge on any atom is -1.00 e. The molecule has 0 aromatic rings. The lowest BCUT2D eigenvalue weighted by Gasteiger charge is -2.01. The topological polar surface area (TPSA) is 59.1 Å². The van der Waals surface area contributed by atoms with Crippen LogP contribution in [0.4, 0.5) is 0 Å². The van der Waals surface area contributed by atoms with Gasteiger partial charge in [0.2, 0.25) is 0 Å². The molecule has 2 nitrogen and oxygen atoms in total. The molecule has 0 amide bonds. The molecule has 0 fully saturated rings. The largest absolute Gasteiger partial charge is 1.00 e. The summed E-state index contributed by atoms with van der Waals surface area (Å²) in [5.74, 6) is 0. The molecule has 0 saturated carbocycles. The molecule has 0 aliphatic rings. The number of rotatable bonds is 11. The van der Waals surface area contributed by atoms with Crippen LogP contribution in [0.5, 0.6) is 0 Å². The van der Waals surface area contributed by atoms with Crippen LogP contribution in [0.1, 0.15) is 77.6 Å². The molecule has 0 heterocycles. The van der Waals surface area contributed by atoms with Gasteiger partial charge in [-0.15, -0.1) is 0 Å². The highest BCUT2D eigenvalue weighted by molar-refractivity contribution is 4.47. The van der Waals surface area contributed by atoms with E-state index in [0.29, 0.717) is 0 Å². The van der Waals surface area contributed by atoms with E-state index in [4.69, 9.17) is 0 Å². The van der Waals surface area contributed by atoms with Crippen LogP contribution in [0.2, 0.25) is 0 Å². The van der Waals surface area contributed by atoms with Crippen molar-refractivity contribution < 1.29 is 23.6 Å². The van der Waals surface area contributed by atoms with E-state index in [1.54, 1.807) is 0 Å². The third kappa shape index (κ3) is 19.7. The molecule has 0 aliphatic carbocycles. The molecule has 0 spiro atoms. The van der Waals surface area contributed by atoms with Crippen LogP contribution in [0, 0.1) is 0 Å². The Labute approximate surface area is 108 Å². The van der Waals surface area contributed by atoms with E-state index in [1.165, 1.54) is 70.6 Å². The average Bonchev–Trinajstić information content (AvgIpc) is 2.21. The van der Waals surface area contributed by atoms with Crippen LogP contribution in [-0.2, 0) is 0 Å². The zero-order valence-electron chi connectivity index (χ0n) is 11.1. The molecular weight excluding hydrogens is 222 g/mol. The lowest BCUT2D eigenvalue weighted by Crippen LogP contribution is -3.00. The zero-order chi connectivity index (χ0) is 10.5. The van der Waals surface area contributed by atoms with Crippen molar-refractivity contribution in [2.75, 3.05) is 6.54 Å². The van der Waals surface area contributed by atoms with E-state index in [-0.39, 0.29) is 17.9 Å². The van der Waals surface area contributed by atoms with Gasteiger partial charge in [-0.2, -0.15) is 0 Å². The number of hydrogen-bond acceptors (Lipinski definition) is 0.